The van der Waals surface area contributed by atoms with Gasteiger partial charge in [-0.15, -0.1) is 0 Å². The summed E-state index contributed by atoms with van der Waals surface area (Å²) in [7, 11) is 1.71. The smallest absolute Gasteiger partial charge is 0.275 e. The number of hydrogen-bond acceptors (Lipinski definition) is 4. The van der Waals surface area contributed by atoms with E-state index in [1.807, 2.05) is 0 Å². The first kappa shape index (κ1) is 20.6. The molecule has 0 aromatic carbocycles. The summed E-state index contributed by atoms with van der Waals surface area (Å²) in [5.74, 6) is -2.47. The summed E-state index contributed by atoms with van der Waals surface area (Å²) in [5.41, 5.74) is 0. The maximum absolute atomic E-state index is 8.72. The number of methoxy groups -OCH3 is 1. The first-order chi connectivity index (χ1) is 10.1. The van der Waals surface area contributed by atoms with Gasteiger partial charge in [0, 0.05) is 13.5 Å². The SMILES string of the molecule is COCC=CCCCCCCCCCCCCC(O)(O)O. The molecule has 0 rings (SSSR count). The molecule has 0 aromatic heterocycles. The van der Waals surface area contributed by atoms with Crippen molar-refractivity contribution in [3.63, 3.8) is 0 Å². The van der Waals surface area contributed by atoms with Crippen molar-refractivity contribution in [1.82, 2.24) is 0 Å². The van der Waals surface area contributed by atoms with Crippen molar-refractivity contribution in [2.24, 2.45) is 0 Å². The lowest BCUT2D eigenvalue weighted by molar-refractivity contribution is -0.315. The highest BCUT2D eigenvalue weighted by Gasteiger charge is 2.16. The second kappa shape index (κ2) is 14.5. The fourth-order valence-electron chi connectivity index (χ4n) is 2.32. The highest BCUT2D eigenvalue weighted by molar-refractivity contribution is 4.80. The lowest BCUT2D eigenvalue weighted by Crippen LogP contribution is -2.26. The van der Waals surface area contributed by atoms with Crippen LogP contribution in [-0.4, -0.2) is 35.0 Å². The molecule has 0 saturated carbocycles. The van der Waals surface area contributed by atoms with Crippen molar-refractivity contribution in [2.75, 3.05) is 13.7 Å². The van der Waals surface area contributed by atoms with E-state index in [0.717, 1.165) is 25.9 Å². The quantitative estimate of drug-likeness (QED) is 0.246. The molecule has 0 atom stereocenters. The molecular weight excluding hydrogens is 268 g/mol. The van der Waals surface area contributed by atoms with Crippen LogP contribution in [0.3, 0.4) is 0 Å². The summed E-state index contributed by atoms with van der Waals surface area (Å²) in [6.45, 7) is 0.718. The van der Waals surface area contributed by atoms with Crippen LogP contribution in [0, 0.1) is 0 Å². The monoisotopic (exact) mass is 302 g/mol. The Labute approximate surface area is 129 Å². The third-order valence-corrected chi connectivity index (χ3v) is 3.56. The molecule has 0 bridgehead atoms. The van der Waals surface area contributed by atoms with Crippen molar-refractivity contribution in [3.8, 4) is 0 Å². The van der Waals surface area contributed by atoms with Gasteiger partial charge in [0.25, 0.3) is 5.97 Å². The van der Waals surface area contributed by atoms with Gasteiger partial charge >= 0.3 is 0 Å². The lowest BCUT2D eigenvalue weighted by Gasteiger charge is -2.12. The van der Waals surface area contributed by atoms with Crippen LogP contribution >= 0.6 is 0 Å². The Bertz CT molecular complexity index is 233. The van der Waals surface area contributed by atoms with Gasteiger partial charge in [-0.1, -0.05) is 63.5 Å². The van der Waals surface area contributed by atoms with E-state index in [1.54, 1.807) is 7.11 Å². The van der Waals surface area contributed by atoms with E-state index in [1.165, 1.54) is 44.9 Å². The van der Waals surface area contributed by atoms with Gasteiger partial charge in [-0.25, -0.2) is 0 Å². The molecule has 0 saturated heterocycles. The van der Waals surface area contributed by atoms with Gasteiger partial charge in [0.15, 0.2) is 0 Å². The first-order valence-corrected chi connectivity index (χ1v) is 8.37. The van der Waals surface area contributed by atoms with Gasteiger partial charge in [0.05, 0.1) is 6.61 Å². The van der Waals surface area contributed by atoms with Crippen molar-refractivity contribution >= 4 is 0 Å². The van der Waals surface area contributed by atoms with Gasteiger partial charge in [0.2, 0.25) is 0 Å². The minimum Gasteiger partial charge on any atom is -0.381 e. The molecule has 0 unspecified atom stereocenters. The summed E-state index contributed by atoms with van der Waals surface area (Å²) < 4.78 is 4.94. The van der Waals surface area contributed by atoms with Crippen LogP contribution in [0.5, 0.6) is 0 Å². The van der Waals surface area contributed by atoms with Crippen LogP contribution < -0.4 is 0 Å². The van der Waals surface area contributed by atoms with Gasteiger partial charge in [-0.05, 0) is 19.3 Å². The Hall–Kier alpha value is -0.420. The Morgan fingerprint density at radius 3 is 1.67 bits per heavy atom. The molecular formula is C17H34O4. The molecule has 4 nitrogen and oxygen atoms in total. The van der Waals surface area contributed by atoms with E-state index in [0.29, 0.717) is 6.42 Å². The largest absolute Gasteiger partial charge is 0.381 e. The summed E-state index contributed by atoms with van der Waals surface area (Å²) in [6.07, 6.45) is 17.2. The summed E-state index contributed by atoms with van der Waals surface area (Å²) in [6, 6.07) is 0. The number of hydrogen-bond donors (Lipinski definition) is 3. The minimum atomic E-state index is -2.47. The van der Waals surface area contributed by atoms with Crippen molar-refractivity contribution in [2.45, 2.75) is 83.0 Å². The molecule has 126 valence electrons. The average molecular weight is 302 g/mol. The molecule has 21 heavy (non-hydrogen) atoms. The van der Waals surface area contributed by atoms with Crippen LogP contribution in [0.4, 0.5) is 0 Å². The van der Waals surface area contributed by atoms with Crippen molar-refractivity contribution < 1.29 is 20.1 Å². The number of allylic oxidation sites excluding steroid dienone is 1. The van der Waals surface area contributed by atoms with E-state index in [-0.39, 0.29) is 6.42 Å². The predicted octanol–water partition coefficient (Wildman–Crippen LogP) is 3.50. The second-order valence-corrected chi connectivity index (χ2v) is 5.78. The molecule has 0 amide bonds. The number of ether oxygens (including phenoxy) is 1. The molecule has 0 aliphatic heterocycles. The topological polar surface area (TPSA) is 69.9 Å². The predicted molar refractivity (Wildman–Crippen MR) is 85.8 cm³/mol. The second-order valence-electron chi connectivity index (χ2n) is 5.78. The third kappa shape index (κ3) is 19.6. The highest BCUT2D eigenvalue weighted by Crippen LogP contribution is 2.14. The molecule has 0 heterocycles. The van der Waals surface area contributed by atoms with Gasteiger partial charge < -0.3 is 20.1 Å². The average Bonchev–Trinajstić information content (AvgIpc) is 2.42. The maximum Gasteiger partial charge on any atom is 0.275 e. The summed E-state index contributed by atoms with van der Waals surface area (Å²) in [4.78, 5) is 0. The Morgan fingerprint density at radius 1 is 0.714 bits per heavy atom. The molecule has 0 fully saturated rings. The zero-order valence-electron chi connectivity index (χ0n) is 13.6. The zero-order valence-corrected chi connectivity index (χ0v) is 13.6. The fraction of sp³-hybridized carbons (Fsp3) is 0.882. The van der Waals surface area contributed by atoms with Crippen LogP contribution in [0.15, 0.2) is 12.2 Å². The minimum absolute atomic E-state index is 0.0474. The fourth-order valence-corrected chi connectivity index (χ4v) is 2.32. The van der Waals surface area contributed by atoms with E-state index in [9.17, 15) is 0 Å². The molecule has 0 aromatic rings. The molecule has 4 heteroatoms. The lowest BCUT2D eigenvalue weighted by atomic mass is 10.0. The van der Waals surface area contributed by atoms with E-state index >= 15 is 0 Å². The van der Waals surface area contributed by atoms with Crippen LogP contribution in [-0.2, 0) is 4.74 Å². The Kier molecular flexibility index (Phi) is 14.2. The van der Waals surface area contributed by atoms with Gasteiger partial charge in [-0.3, -0.25) is 0 Å². The Balaban J connectivity index is 3.06. The van der Waals surface area contributed by atoms with Crippen LogP contribution in [0.25, 0.3) is 0 Å². The van der Waals surface area contributed by atoms with Crippen LogP contribution in [0.2, 0.25) is 0 Å². The molecule has 0 spiro atoms. The van der Waals surface area contributed by atoms with E-state index in [2.05, 4.69) is 12.2 Å². The molecule has 0 aliphatic carbocycles. The van der Waals surface area contributed by atoms with Gasteiger partial charge in [0.1, 0.15) is 0 Å². The third-order valence-electron chi connectivity index (χ3n) is 3.56. The standard InChI is InChI=1S/C17H34O4/c1-21-16-14-12-10-8-6-4-2-3-5-7-9-11-13-15-17(18,19)20/h12,14,18-20H,2-11,13,15-16H2,1H3. The molecule has 0 aliphatic rings. The van der Waals surface area contributed by atoms with Gasteiger partial charge in [-0.2, -0.15) is 0 Å². The molecule has 0 radical (unpaired) electrons. The zero-order chi connectivity index (χ0) is 15.8. The summed E-state index contributed by atoms with van der Waals surface area (Å²) in [5, 5.41) is 26.2. The molecule has 3 N–H and O–H groups in total. The number of unbranched alkanes of at least 4 members (excludes halogenated alkanes) is 10. The maximum atomic E-state index is 8.72. The Morgan fingerprint density at radius 2 is 1.19 bits per heavy atom. The number of aliphatic hydroxyl groups is 3. The number of rotatable bonds is 15. The van der Waals surface area contributed by atoms with E-state index in [4.69, 9.17) is 20.1 Å². The summed E-state index contributed by atoms with van der Waals surface area (Å²) >= 11 is 0. The first-order valence-electron chi connectivity index (χ1n) is 8.37. The van der Waals surface area contributed by atoms with Crippen LogP contribution in [0.1, 0.15) is 77.0 Å². The normalized spacial score (nSPS) is 12.4. The van der Waals surface area contributed by atoms with Crippen molar-refractivity contribution in [1.29, 1.82) is 0 Å². The van der Waals surface area contributed by atoms with E-state index < -0.39 is 5.97 Å². The van der Waals surface area contributed by atoms with Crippen molar-refractivity contribution in [3.05, 3.63) is 12.2 Å². The highest BCUT2D eigenvalue weighted by atomic mass is 16.7.